The molecule has 0 aromatic heterocycles. The highest BCUT2D eigenvalue weighted by Gasteiger charge is 2.12. The molecule has 1 heteroatoms. The summed E-state index contributed by atoms with van der Waals surface area (Å²) >= 11 is 3.75. The molecule has 0 unspecified atom stereocenters. The summed E-state index contributed by atoms with van der Waals surface area (Å²) < 4.78 is 1.13. The van der Waals surface area contributed by atoms with E-state index in [-0.39, 0.29) is 0 Å². The molecule has 6 rings (SSSR count). The molecular weight excluding hydrogens is 440 g/mol. The van der Waals surface area contributed by atoms with Crippen LogP contribution < -0.4 is 0 Å². The molecule has 0 amide bonds. The third kappa shape index (κ3) is 3.05. The van der Waals surface area contributed by atoms with Crippen LogP contribution in [0, 0.1) is 0 Å². The molecule has 0 bridgehead atoms. The van der Waals surface area contributed by atoms with E-state index < -0.39 is 0 Å². The van der Waals surface area contributed by atoms with Crippen LogP contribution in [0.4, 0.5) is 0 Å². The second-order valence-corrected chi connectivity index (χ2v) is 8.77. The van der Waals surface area contributed by atoms with Crippen molar-refractivity contribution < 1.29 is 0 Å². The van der Waals surface area contributed by atoms with Gasteiger partial charge in [-0.2, -0.15) is 0 Å². The van der Waals surface area contributed by atoms with Gasteiger partial charge in [0.25, 0.3) is 0 Å². The zero-order chi connectivity index (χ0) is 20.8. The Morgan fingerprint density at radius 1 is 0.419 bits per heavy atom. The highest BCUT2D eigenvalue weighted by atomic mass is 79.9. The second-order valence-electron chi connectivity index (χ2n) is 7.91. The van der Waals surface area contributed by atoms with Gasteiger partial charge in [-0.05, 0) is 66.7 Å². The summed E-state index contributed by atoms with van der Waals surface area (Å²) in [5, 5.41) is 7.62. The van der Waals surface area contributed by atoms with E-state index in [1.54, 1.807) is 0 Å². The van der Waals surface area contributed by atoms with Crippen LogP contribution in [0.15, 0.2) is 120 Å². The normalized spacial score (nSPS) is 11.4. The first kappa shape index (κ1) is 18.4. The summed E-state index contributed by atoms with van der Waals surface area (Å²) in [5.41, 5.74) is 5.05. The van der Waals surface area contributed by atoms with Gasteiger partial charge in [-0.25, -0.2) is 0 Å². The van der Waals surface area contributed by atoms with E-state index in [0.29, 0.717) is 0 Å². The highest BCUT2D eigenvalue weighted by Crippen LogP contribution is 2.39. The number of rotatable bonds is 2. The van der Waals surface area contributed by atoms with Gasteiger partial charge in [-0.3, -0.25) is 0 Å². The largest absolute Gasteiger partial charge is 0.0616 e. The van der Waals surface area contributed by atoms with Crippen molar-refractivity contribution in [2.75, 3.05) is 0 Å². The quantitative estimate of drug-likeness (QED) is 0.226. The van der Waals surface area contributed by atoms with Gasteiger partial charge < -0.3 is 0 Å². The molecule has 0 fully saturated rings. The molecule has 0 saturated heterocycles. The average molecular weight is 459 g/mol. The summed E-state index contributed by atoms with van der Waals surface area (Å²) in [4.78, 5) is 0. The lowest BCUT2D eigenvalue weighted by molar-refractivity contribution is 1.63. The van der Waals surface area contributed by atoms with Crippen molar-refractivity contribution in [3.8, 4) is 22.3 Å². The number of hydrogen-bond acceptors (Lipinski definition) is 0. The molecule has 0 N–H and O–H groups in total. The first-order valence-corrected chi connectivity index (χ1v) is 11.3. The van der Waals surface area contributed by atoms with Crippen molar-refractivity contribution in [3.63, 3.8) is 0 Å². The predicted molar refractivity (Wildman–Crippen MR) is 138 cm³/mol. The minimum atomic E-state index is 1.13. The Kier molecular flexibility index (Phi) is 4.36. The van der Waals surface area contributed by atoms with Crippen molar-refractivity contribution in [2.45, 2.75) is 0 Å². The Hall–Kier alpha value is -3.42. The van der Waals surface area contributed by atoms with E-state index >= 15 is 0 Å². The molecule has 0 nitrogen and oxygen atoms in total. The van der Waals surface area contributed by atoms with Gasteiger partial charge in [0.1, 0.15) is 0 Å². The molecule has 6 aromatic carbocycles. The van der Waals surface area contributed by atoms with Gasteiger partial charge in [0.05, 0.1) is 0 Å². The molecule has 0 aliphatic carbocycles. The van der Waals surface area contributed by atoms with Gasteiger partial charge in [0.2, 0.25) is 0 Å². The third-order valence-corrected chi connectivity index (χ3v) is 6.82. The Bertz CT molecular complexity index is 1570. The lowest BCUT2D eigenvalue weighted by Gasteiger charge is -2.14. The molecule has 0 aliphatic rings. The fourth-order valence-corrected chi connectivity index (χ4v) is 5.14. The van der Waals surface area contributed by atoms with E-state index in [0.717, 1.165) is 4.47 Å². The first-order valence-electron chi connectivity index (χ1n) is 10.5. The molecule has 31 heavy (non-hydrogen) atoms. The van der Waals surface area contributed by atoms with Crippen molar-refractivity contribution >= 4 is 48.2 Å². The van der Waals surface area contributed by atoms with Crippen LogP contribution in [0.25, 0.3) is 54.6 Å². The number of hydrogen-bond donors (Lipinski definition) is 0. The summed E-state index contributed by atoms with van der Waals surface area (Å²) in [6.45, 7) is 0. The van der Waals surface area contributed by atoms with Crippen molar-refractivity contribution in [3.05, 3.63) is 120 Å². The predicted octanol–water partition coefficient (Wildman–Crippen LogP) is 9.24. The van der Waals surface area contributed by atoms with E-state index in [4.69, 9.17) is 0 Å². The van der Waals surface area contributed by atoms with Gasteiger partial charge in [0, 0.05) is 4.47 Å². The number of halogens is 1. The first-order chi connectivity index (χ1) is 15.3. The average Bonchev–Trinajstić information content (AvgIpc) is 2.83. The molecule has 146 valence electrons. The van der Waals surface area contributed by atoms with Crippen molar-refractivity contribution in [1.29, 1.82) is 0 Å². The van der Waals surface area contributed by atoms with Gasteiger partial charge in [-0.15, -0.1) is 0 Å². The second kappa shape index (κ2) is 7.37. The van der Waals surface area contributed by atoms with Crippen LogP contribution in [0.5, 0.6) is 0 Å². The molecule has 6 aromatic rings. The minimum absolute atomic E-state index is 1.13. The highest BCUT2D eigenvalue weighted by molar-refractivity contribution is 9.10. The minimum Gasteiger partial charge on any atom is -0.0616 e. The van der Waals surface area contributed by atoms with Crippen LogP contribution in [-0.4, -0.2) is 0 Å². The van der Waals surface area contributed by atoms with E-state index in [1.807, 2.05) is 0 Å². The Morgan fingerprint density at radius 2 is 1.03 bits per heavy atom. The van der Waals surface area contributed by atoms with Crippen molar-refractivity contribution in [1.82, 2.24) is 0 Å². The summed E-state index contributed by atoms with van der Waals surface area (Å²) in [7, 11) is 0. The molecule has 0 spiro atoms. The molecular formula is C30H19Br. The summed E-state index contributed by atoms with van der Waals surface area (Å²) in [6, 6.07) is 41.5. The number of fused-ring (bicyclic) bond motifs is 3. The molecule has 0 radical (unpaired) electrons. The van der Waals surface area contributed by atoms with Crippen LogP contribution in [0.1, 0.15) is 0 Å². The fraction of sp³-hybridized carbons (Fsp3) is 0. The SMILES string of the molecule is Brc1cccc2c(-c3ccc(-c4cccc5ccccc45)cc3)c3ccccc3cc12. The maximum Gasteiger partial charge on any atom is 0.0254 e. The lowest BCUT2D eigenvalue weighted by Crippen LogP contribution is -1.87. The summed E-state index contributed by atoms with van der Waals surface area (Å²) in [5.74, 6) is 0. The van der Waals surface area contributed by atoms with Crippen LogP contribution >= 0.6 is 15.9 Å². The fourth-order valence-electron chi connectivity index (χ4n) is 4.66. The topological polar surface area (TPSA) is 0 Å². The zero-order valence-electron chi connectivity index (χ0n) is 16.8. The van der Waals surface area contributed by atoms with Crippen molar-refractivity contribution in [2.24, 2.45) is 0 Å². The number of benzene rings is 6. The smallest absolute Gasteiger partial charge is 0.0254 e. The maximum absolute atomic E-state index is 3.75. The van der Waals surface area contributed by atoms with E-state index in [2.05, 4.69) is 131 Å². The molecule has 0 saturated carbocycles. The van der Waals surface area contributed by atoms with Gasteiger partial charge in [0.15, 0.2) is 0 Å². The summed E-state index contributed by atoms with van der Waals surface area (Å²) in [6.07, 6.45) is 0. The molecule has 0 atom stereocenters. The Morgan fingerprint density at radius 3 is 1.87 bits per heavy atom. The molecule has 0 heterocycles. The van der Waals surface area contributed by atoms with E-state index in [1.165, 1.54) is 54.6 Å². The van der Waals surface area contributed by atoms with Gasteiger partial charge in [-0.1, -0.05) is 119 Å². The van der Waals surface area contributed by atoms with Crippen LogP contribution in [0.2, 0.25) is 0 Å². The zero-order valence-corrected chi connectivity index (χ0v) is 18.4. The Labute approximate surface area is 189 Å². The Balaban J connectivity index is 1.58. The molecule has 0 aliphatic heterocycles. The maximum atomic E-state index is 3.75. The van der Waals surface area contributed by atoms with Crippen LogP contribution in [-0.2, 0) is 0 Å². The van der Waals surface area contributed by atoms with Crippen LogP contribution in [0.3, 0.4) is 0 Å². The standard InChI is InChI=1S/C30H19Br/c31-29-14-6-13-27-28(29)19-23-8-2-4-11-26(23)30(27)22-17-15-21(16-18-22)25-12-5-9-20-7-1-3-10-24(20)25/h1-19H. The van der Waals surface area contributed by atoms with E-state index in [9.17, 15) is 0 Å². The third-order valence-electron chi connectivity index (χ3n) is 6.13. The monoisotopic (exact) mass is 458 g/mol. The lowest BCUT2D eigenvalue weighted by atomic mass is 9.90. The van der Waals surface area contributed by atoms with Gasteiger partial charge >= 0.3 is 0 Å².